The Bertz CT molecular complexity index is 1180. The summed E-state index contributed by atoms with van der Waals surface area (Å²) in [6, 6.07) is 17.5. The van der Waals surface area contributed by atoms with Gasteiger partial charge in [-0.2, -0.15) is 0 Å². The van der Waals surface area contributed by atoms with E-state index in [-0.39, 0.29) is 0 Å². The van der Waals surface area contributed by atoms with Crippen LogP contribution in [-0.2, 0) is 4.79 Å². The van der Waals surface area contributed by atoms with E-state index in [4.69, 9.17) is 4.99 Å². The maximum Gasteiger partial charge on any atom is 0.169 e. The Balaban J connectivity index is 0.000000631. The van der Waals surface area contributed by atoms with Crippen LogP contribution in [0.1, 0.15) is 62.1 Å². The summed E-state index contributed by atoms with van der Waals surface area (Å²) >= 11 is 0. The van der Waals surface area contributed by atoms with Crippen LogP contribution in [0.5, 0.6) is 0 Å². The Hall–Kier alpha value is -3.75. The zero-order valence-corrected chi connectivity index (χ0v) is 26.5. The average Bonchev–Trinajstić information content (AvgIpc) is 3.58. The largest absolute Gasteiger partial charge is 0.388 e. The minimum absolute atomic E-state index is 0.309. The molecule has 1 unspecified atom stereocenters. The second-order valence-corrected chi connectivity index (χ2v) is 9.34. The van der Waals surface area contributed by atoms with Crippen LogP contribution in [0.4, 0.5) is 5.69 Å². The van der Waals surface area contributed by atoms with Crippen LogP contribution in [0, 0.1) is 0 Å². The van der Waals surface area contributed by atoms with Crippen molar-refractivity contribution in [3.05, 3.63) is 77.0 Å². The molecule has 0 saturated carbocycles. The lowest BCUT2D eigenvalue weighted by Crippen LogP contribution is -2.22. The average molecular weight is 574 g/mol. The van der Waals surface area contributed by atoms with Crippen LogP contribution in [0.25, 0.3) is 0 Å². The summed E-state index contributed by atoms with van der Waals surface area (Å²) < 4.78 is 0. The van der Waals surface area contributed by atoms with Gasteiger partial charge in [0.1, 0.15) is 5.71 Å². The van der Waals surface area contributed by atoms with Crippen LogP contribution in [0.15, 0.2) is 80.3 Å². The third kappa shape index (κ3) is 11.3. The number of fused-ring (bicyclic) bond motifs is 1. The van der Waals surface area contributed by atoms with Gasteiger partial charge in [0, 0.05) is 57.3 Å². The molecular weight excluding hydrogens is 522 g/mol. The smallest absolute Gasteiger partial charge is 0.169 e. The molecule has 0 aromatic heterocycles. The molecule has 4 rings (SSSR count). The molecule has 1 aliphatic carbocycles. The van der Waals surface area contributed by atoms with Crippen LogP contribution >= 0.6 is 0 Å². The Morgan fingerprint density at radius 1 is 1.07 bits per heavy atom. The molecule has 8 heteroatoms. The van der Waals surface area contributed by atoms with Crippen molar-refractivity contribution in [3.63, 3.8) is 0 Å². The van der Waals surface area contributed by atoms with Crippen LogP contribution in [-0.4, -0.2) is 89.9 Å². The second kappa shape index (κ2) is 21.9. The number of aldehydes is 1. The zero-order valence-electron chi connectivity index (χ0n) is 26.5. The molecule has 2 aromatic rings. The molecule has 1 aliphatic heterocycles. The number of nitrogens with zero attached hydrogens (tertiary/aromatic N) is 5. The zero-order chi connectivity index (χ0) is 31.2. The molecule has 1 atom stereocenters. The summed E-state index contributed by atoms with van der Waals surface area (Å²) in [7, 11) is 6.59. The first kappa shape index (κ1) is 36.3. The van der Waals surface area contributed by atoms with Crippen molar-refractivity contribution in [1.82, 2.24) is 4.90 Å². The molecule has 2 aromatic carbocycles. The van der Waals surface area contributed by atoms with Crippen molar-refractivity contribution in [2.75, 3.05) is 59.7 Å². The van der Waals surface area contributed by atoms with Crippen molar-refractivity contribution in [2.24, 2.45) is 25.7 Å². The minimum Gasteiger partial charge on any atom is -0.388 e. The number of likely N-dealkylation sites (tertiary alicyclic amines) is 1. The minimum atomic E-state index is 0.309. The number of anilines is 1. The van der Waals surface area contributed by atoms with Crippen molar-refractivity contribution < 1.29 is 4.79 Å². The Labute approximate surface area is 253 Å². The normalized spacial score (nSPS) is 18.2. The Morgan fingerprint density at radius 2 is 1.74 bits per heavy atom. The van der Waals surface area contributed by atoms with Gasteiger partial charge in [-0.15, -0.1) is 0 Å². The quantitative estimate of drug-likeness (QED) is 0.229. The van der Waals surface area contributed by atoms with Crippen LogP contribution in [0.3, 0.4) is 0 Å². The molecule has 1 saturated heterocycles. The maximum atomic E-state index is 9.90. The van der Waals surface area contributed by atoms with Gasteiger partial charge in [-0.3, -0.25) is 24.8 Å². The van der Waals surface area contributed by atoms with E-state index in [0.717, 1.165) is 37.3 Å². The predicted molar refractivity (Wildman–Crippen MR) is 184 cm³/mol. The number of carbonyl (C=O) groups excluding carboxylic acids is 1. The third-order valence-corrected chi connectivity index (χ3v) is 6.91. The number of nitrogens with two attached hydrogens (primary N) is 1. The molecule has 0 amide bonds. The highest BCUT2D eigenvalue weighted by Gasteiger charge is 2.28. The topological polar surface area (TPSA) is 108 Å². The fourth-order valence-corrected chi connectivity index (χ4v) is 4.97. The van der Waals surface area contributed by atoms with Gasteiger partial charge < -0.3 is 16.0 Å². The summed E-state index contributed by atoms with van der Waals surface area (Å²) in [5.41, 5.74) is 12.2. The van der Waals surface area contributed by atoms with Crippen LogP contribution < -0.4 is 11.1 Å². The Morgan fingerprint density at radius 3 is 2.29 bits per heavy atom. The lowest BCUT2D eigenvalue weighted by Gasteiger charge is -2.29. The van der Waals surface area contributed by atoms with E-state index in [9.17, 15) is 4.79 Å². The lowest BCUT2D eigenvalue weighted by atomic mass is 9.75. The molecule has 42 heavy (non-hydrogen) atoms. The predicted octanol–water partition coefficient (Wildman–Crippen LogP) is 5.68. The number of rotatable bonds is 9. The van der Waals surface area contributed by atoms with Crippen molar-refractivity contribution in [1.29, 1.82) is 0 Å². The summed E-state index contributed by atoms with van der Waals surface area (Å²) in [6.07, 6.45) is 8.67. The molecule has 0 spiro atoms. The fourth-order valence-electron chi connectivity index (χ4n) is 4.97. The number of hydrogen-bond donors (Lipinski definition) is 2. The summed E-state index contributed by atoms with van der Waals surface area (Å²) in [4.78, 5) is 28.8. The lowest BCUT2D eigenvalue weighted by molar-refractivity contribution is -0.102. The maximum absolute atomic E-state index is 9.90. The number of allylic oxidation sites excluding steroid dienone is 1. The molecule has 1 heterocycles. The van der Waals surface area contributed by atoms with Gasteiger partial charge in [-0.1, -0.05) is 50.2 Å². The molecule has 8 nitrogen and oxygen atoms in total. The van der Waals surface area contributed by atoms with E-state index in [2.05, 4.69) is 86.2 Å². The summed E-state index contributed by atoms with van der Waals surface area (Å²) in [5.74, 6) is 0.309. The first-order chi connectivity index (χ1) is 20.6. The van der Waals surface area contributed by atoms with Gasteiger partial charge in [-0.25, -0.2) is 0 Å². The molecular formula is C34H51N7O. The number of carbonyl (C=O) groups is 1. The fraction of sp³-hybridized carbons (Fsp3) is 0.441. The number of nitrogens with one attached hydrogen (secondary N) is 1. The molecule has 0 bridgehead atoms. The monoisotopic (exact) mass is 573 g/mol. The molecule has 3 N–H and O–H groups in total. The van der Waals surface area contributed by atoms with Crippen molar-refractivity contribution in [2.45, 2.75) is 45.4 Å². The summed E-state index contributed by atoms with van der Waals surface area (Å²) in [6.45, 7) is 12.2. The van der Waals surface area contributed by atoms with Gasteiger partial charge in [0.2, 0.25) is 0 Å². The third-order valence-electron chi connectivity index (χ3n) is 6.91. The van der Waals surface area contributed by atoms with Gasteiger partial charge in [0.05, 0.1) is 5.71 Å². The highest BCUT2D eigenvalue weighted by molar-refractivity contribution is 6.54. The van der Waals surface area contributed by atoms with E-state index >= 15 is 0 Å². The highest BCUT2D eigenvalue weighted by Crippen LogP contribution is 2.39. The molecule has 1 fully saturated rings. The SMILES string of the molecule is C=N/C=C1/CC(c2ccc(NC)cc2)c2ccccc2C1=NCCCN1CCCC1.CC.CN.CN=CC(C=O)=NC. The number of hydrogen-bond acceptors (Lipinski definition) is 8. The van der Waals surface area contributed by atoms with Gasteiger partial charge in [0.25, 0.3) is 0 Å². The van der Waals surface area contributed by atoms with E-state index < -0.39 is 0 Å². The van der Waals surface area contributed by atoms with E-state index in [1.807, 2.05) is 27.1 Å². The van der Waals surface area contributed by atoms with Gasteiger partial charge >= 0.3 is 0 Å². The van der Waals surface area contributed by atoms with E-state index in [1.54, 1.807) is 14.1 Å². The van der Waals surface area contributed by atoms with Gasteiger partial charge in [0.15, 0.2) is 6.29 Å². The van der Waals surface area contributed by atoms with E-state index in [1.165, 1.54) is 61.5 Å². The van der Waals surface area contributed by atoms with Crippen molar-refractivity contribution >= 4 is 36.3 Å². The number of aliphatic imine (C=N–C) groups is 4. The highest BCUT2D eigenvalue weighted by atomic mass is 16.1. The molecule has 2 aliphatic rings. The standard InChI is InChI=1S/C26H32N4.C5H8N2O.C2H6.CH5N/c1-27-19-21-18-25(20-10-12-22(28-2)13-11-20)23-8-3-4-9-24(23)26(21)29-14-7-17-30-15-5-6-16-30;1-6-3-5(4-8)7-2;2*1-2/h3-4,8-13,19,25,28H,1,5-7,14-18H2,2H3;3-4H,1-2H3;1-2H3;2H2,1H3/b21-19-,29-26?;;;. The second-order valence-electron chi connectivity index (χ2n) is 9.34. The summed E-state index contributed by atoms with van der Waals surface area (Å²) in [5, 5.41) is 3.20. The van der Waals surface area contributed by atoms with Gasteiger partial charge in [-0.05, 0) is 87.9 Å². The first-order valence-electron chi connectivity index (χ1n) is 14.9. The van der Waals surface area contributed by atoms with Crippen LogP contribution in [0.2, 0.25) is 0 Å². The molecule has 0 radical (unpaired) electrons. The molecule has 228 valence electrons. The Kier molecular flexibility index (Phi) is 18.9. The first-order valence-corrected chi connectivity index (χ1v) is 14.9. The number of benzene rings is 2. The van der Waals surface area contributed by atoms with Crippen molar-refractivity contribution in [3.8, 4) is 0 Å². The van der Waals surface area contributed by atoms with E-state index in [0.29, 0.717) is 17.9 Å².